The molecule has 0 amide bonds. The van der Waals surface area contributed by atoms with Gasteiger partial charge < -0.3 is 33.2 Å². The van der Waals surface area contributed by atoms with Crippen molar-refractivity contribution in [3.63, 3.8) is 0 Å². The van der Waals surface area contributed by atoms with Crippen LogP contribution in [0.2, 0.25) is 0 Å². The van der Waals surface area contributed by atoms with Crippen molar-refractivity contribution >= 4 is 18.0 Å². The molecule has 1 saturated heterocycles. The fraction of sp³-hybridized carbons (Fsp3) is 0.400. The van der Waals surface area contributed by atoms with E-state index in [9.17, 15) is 9.59 Å². The number of benzene rings is 2. The van der Waals surface area contributed by atoms with Crippen LogP contribution in [0.25, 0.3) is 6.08 Å². The molecule has 9 nitrogen and oxygen atoms in total. The molecule has 0 bridgehead atoms. The predicted octanol–water partition coefficient (Wildman–Crippen LogP) is 4.94. The predicted molar refractivity (Wildman–Crippen MR) is 143 cm³/mol. The molecule has 1 fully saturated rings. The zero-order chi connectivity index (χ0) is 27.8. The molecule has 3 atom stereocenters. The van der Waals surface area contributed by atoms with Crippen LogP contribution in [-0.4, -0.2) is 63.7 Å². The molecule has 4 rings (SSSR count). The lowest BCUT2D eigenvalue weighted by Crippen LogP contribution is -2.37. The maximum absolute atomic E-state index is 13.1. The van der Waals surface area contributed by atoms with E-state index < -0.39 is 36.0 Å². The van der Waals surface area contributed by atoms with E-state index in [1.807, 2.05) is 26.0 Å². The standard InChI is InChI=1S/C30H34O9/c1-30(2)38-24-15-10-13-21-17-22(34-4)18-25(36-19-33-3)26(21)29(32)35-16-9-8-14-23(27(24)39-30)37-28(31)20-11-6-5-7-12-20/h5-8,10-14,17-18,23-24,27H,9,15-16,19H2,1-4H3/b13-10+,14-8-/t23?,24-,27+/m0/s1. The van der Waals surface area contributed by atoms with Crippen LogP contribution < -0.4 is 9.47 Å². The summed E-state index contributed by atoms with van der Waals surface area (Å²) in [7, 11) is 3.03. The monoisotopic (exact) mass is 538 g/mol. The van der Waals surface area contributed by atoms with E-state index in [0.717, 1.165) is 0 Å². The highest BCUT2D eigenvalue weighted by Gasteiger charge is 2.45. The van der Waals surface area contributed by atoms with Crippen molar-refractivity contribution in [2.75, 3.05) is 27.6 Å². The minimum Gasteiger partial charge on any atom is -0.497 e. The second-order valence-corrected chi connectivity index (χ2v) is 9.51. The summed E-state index contributed by atoms with van der Waals surface area (Å²) < 4.78 is 40.0. The second-order valence-electron chi connectivity index (χ2n) is 9.51. The zero-order valence-corrected chi connectivity index (χ0v) is 22.6. The van der Waals surface area contributed by atoms with Gasteiger partial charge in [-0.3, -0.25) is 0 Å². The highest BCUT2D eigenvalue weighted by molar-refractivity contribution is 5.97. The molecular weight excluding hydrogens is 504 g/mol. The summed E-state index contributed by atoms with van der Waals surface area (Å²) in [5.41, 5.74) is 1.26. The molecule has 0 saturated carbocycles. The molecule has 0 aliphatic carbocycles. The van der Waals surface area contributed by atoms with Crippen LogP contribution in [-0.2, 0) is 23.7 Å². The van der Waals surface area contributed by atoms with Crippen molar-refractivity contribution in [1.82, 2.24) is 0 Å². The summed E-state index contributed by atoms with van der Waals surface area (Å²) in [6.45, 7) is 3.70. The number of cyclic esters (lactones) is 1. The molecule has 2 aliphatic rings. The van der Waals surface area contributed by atoms with Crippen LogP contribution in [0.4, 0.5) is 0 Å². The first kappa shape index (κ1) is 28.4. The minimum atomic E-state index is -0.885. The van der Waals surface area contributed by atoms with Crippen LogP contribution in [0.5, 0.6) is 11.5 Å². The fourth-order valence-corrected chi connectivity index (χ4v) is 4.47. The summed E-state index contributed by atoms with van der Waals surface area (Å²) in [5, 5.41) is 0. The van der Waals surface area contributed by atoms with Crippen molar-refractivity contribution < 1.29 is 42.7 Å². The summed E-state index contributed by atoms with van der Waals surface area (Å²) >= 11 is 0. The first-order chi connectivity index (χ1) is 18.8. The lowest BCUT2D eigenvalue weighted by Gasteiger charge is -2.24. The van der Waals surface area contributed by atoms with Gasteiger partial charge in [0.15, 0.2) is 12.6 Å². The fourth-order valence-electron chi connectivity index (χ4n) is 4.47. The highest BCUT2D eigenvalue weighted by atomic mass is 16.8. The number of esters is 2. The van der Waals surface area contributed by atoms with E-state index >= 15 is 0 Å². The van der Waals surface area contributed by atoms with Gasteiger partial charge in [0, 0.05) is 13.2 Å². The van der Waals surface area contributed by atoms with Crippen molar-refractivity contribution in [2.24, 2.45) is 0 Å². The number of fused-ring (bicyclic) bond motifs is 2. The van der Waals surface area contributed by atoms with Gasteiger partial charge in [-0.05, 0) is 56.5 Å². The third kappa shape index (κ3) is 7.26. The Kier molecular flexibility index (Phi) is 9.40. The third-order valence-corrected chi connectivity index (χ3v) is 6.19. The molecule has 2 heterocycles. The first-order valence-electron chi connectivity index (χ1n) is 12.8. The minimum absolute atomic E-state index is 0.0492. The lowest BCUT2D eigenvalue weighted by atomic mass is 10.0. The van der Waals surface area contributed by atoms with Gasteiger partial charge in [0.25, 0.3) is 0 Å². The molecule has 0 aromatic heterocycles. The van der Waals surface area contributed by atoms with Crippen molar-refractivity contribution in [1.29, 1.82) is 0 Å². The van der Waals surface area contributed by atoms with E-state index in [4.69, 9.17) is 33.2 Å². The molecule has 2 aliphatic heterocycles. The Labute approximate surface area is 228 Å². The Morgan fingerprint density at radius 2 is 1.87 bits per heavy atom. The van der Waals surface area contributed by atoms with Gasteiger partial charge in [-0.2, -0.15) is 0 Å². The molecule has 0 radical (unpaired) electrons. The van der Waals surface area contributed by atoms with E-state index in [1.165, 1.54) is 14.2 Å². The first-order valence-corrected chi connectivity index (χ1v) is 12.8. The van der Waals surface area contributed by atoms with Crippen molar-refractivity contribution in [2.45, 2.75) is 50.8 Å². The van der Waals surface area contributed by atoms with Crippen LogP contribution in [0.15, 0.2) is 60.7 Å². The smallest absolute Gasteiger partial charge is 0.342 e. The Morgan fingerprint density at radius 3 is 2.62 bits per heavy atom. The van der Waals surface area contributed by atoms with Crippen LogP contribution in [0.3, 0.4) is 0 Å². The molecular formula is C30H34O9. The highest BCUT2D eigenvalue weighted by Crippen LogP contribution is 2.35. The number of carbonyl (C=O) groups is 2. The average Bonchev–Trinajstić information content (AvgIpc) is 3.24. The average molecular weight is 539 g/mol. The Bertz CT molecular complexity index is 1200. The van der Waals surface area contributed by atoms with Gasteiger partial charge in [0.05, 0.1) is 25.4 Å². The number of hydrogen-bond donors (Lipinski definition) is 0. The number of methoxy groups -OCH3 is 2. The van der Waals surface area contributed by atoms with Crippen LogP contribution in [0, 0.1) is 0 Å². The van der Waals surface area contributed by atoms with Crippen LogP contribution in [0.1, 0.15) is 53.0 Å². The summed E-state index contributed by atoms with van der Waals surface area (Å²) in [6.07, 6.45) is 6.32. The molecule has 9 heteroatoms. The number of carbonyl (C=O) groups excluding carboxylic acids is 2. The van der Waals surface area contributed by atoms with Gasteiger partial charge >= 0.3 is 11.9 Å². The molecule has 0 N–H and O–H groups in total. The normalized spacial score (nSPS) is 24.3. The molecule has 2 aromatic rings. The molecule has 1 unspecified atom stereocenters. The van der Waals surface area contributed by atoms with Gasteiger partial charge in [-0.1, -0.05) is 36.4 Å². The van der Waals surface area contributed by atoms with E-state index in [-0.39, 0.29) is 24.7 Å². The Balaban J connectivity index is 1.67. The van der Waals surface area contributed by atoms with Crippen molar-refractivity contribution in [3.05, 3.63) is 77.4 Å². The maximum Gasteiger partial charge on any atom is 0.342 e. The lowest BCUT2D eigenvalue weighted by molar-refractivity contribution is -0.152. The molecule has 208 valence electrons. The van der Waals surface area contributed by atoms with Gasteiger partial charge in [0.1, 0.15) is 29.3 Å². The summed E-state index contributed by atoms with van der Waals surface area (Å²) in [4.78, 5) is 26.1. The third-order valence-electron chi connectivity index (χ3n) is 6.19. The van der Waals surface area contributed by atoms with Gasteiger partial charge in [-0.15, -0.1) is 0 Å². The zero-order valence-electron chi connectivity index (χ0n) is 22.6. The largest absolute Gasteiger partial charge is 0.497 e. The number of hydrogen-bond acceptors (Lipinski definition) is 9. The Morgan fingerprint density at radius 1 is 1.08 bits per heavy atom. The van der Waals surface area contributed by atoms with Crippen LogP contribution >= 0.6 is 0 Å². The molecule has 39 heavy (non-hydrogen) atoms. The molecule has 2 aromatic carbocycles. The van der Waals surface area contributed by atoms with E-state index in [2.05, 4.69) is 0 Å². The van der Waals surface area contributed by atoms with Gasteiger partial charge in [0.2, 0.25) is 0 Å². The quantitative estimate of drug-likeness (QED) is 0.288. The van der Waals surface area contributed by atoms with Crippen molar-refractivity contribution in [3.8, 4) is 11.5 Å². The van der Waals surface area contributed by atoms with E-state index in [0.29, 0.717) is 29.7 Å². The van der Waals surface area contributed by atoms with Gasteiger partial charge in [-0.25, -0.2) is 9.59 Å². The number of ether oxygens (including phenoxy) is 7. The Hall–Kier alpha value is -3.66. The molecule has 0 spiro atoms. The summed E-state index contributed by atoms with van der Waals surface area (Å²) in [5.74, 6) is -1.10. The topological polar surface area (TPSA) is 98.8 Å². The SMILES string of the molecule is COCOc1cc(OC)cc2c1C(=O)OCC/C=C\C(OC(=O)c1ccccc1)[C@H]1OC(C)(C)O[C@H]1C/C=C/2. The summed E-state index contributed by atoms with van der Waals surface area (Å²) in [6, 6.07) is 12.1. The van der Waals surface area contributed by atoms with E-state index in [1.54, 1.807) is 54.6 Å². The second kappa shape index (κ2) is 12.9. The number of rotatable bonds is 6. The maximum atomic E-state index is 13.1.